The smallest absolute Gasteiger partial charge is 0.159 e. The van der Waals surface area contributed by atoms with E-state index in [1.165, 1.54) is 16.7 Å². The third-order valence-corrected chi connectivity index (χ3v) is 8.68. The quantitative estimate of drug-likeness (QED) is 0.158. The summed E-state index contributed by atoms with van der Waals surface area (Å²) in [4.78, 5) is 16.6. The van der Waals surface area contributed by atoms with Gasteiger partial charge in [0.15, 0.2) is 5.84 Å². The van der Waals surface area contributed by atoms with Gasteiger partial charge >= 0.3 is 0 Å². The number of aromatic nitrogens is 1. The SMILES string of the molecule is C=N/C(=N\C1=C(c2ccncc2)C2(c3ccccc31)c1ccccc1N(c1ccccc1)c1ccccc12)c1ccccc1. The first-order valence-corrected chi connectivity index (χ1v) is 14.7. The van der Waals surface area contributed by atoms with Crippen molar-refractivity contribution in [3.05, 3.63) is 191 Å². The number of pyridine rings is 1. The minimum absolute atomic E-state index is 0.585. The number of hydrogen-bond donors (Lipinski definition) is 0. The van der Waals surface area contributed by atoms with Crippen LogP contribution in [-0.2, 0) is 5.41 Å². The van der Waals surface area contributed by atoms with Crippen molar-refractivity contribution in [3.63, 3.8) is 0 Å². The molecule has 6 aromatic rings. The lowest BCUT2D eigenvalue weighted by Gasteiger charge is -2.45. The van der Waals surface area contributed by atoms with Gasteiger partial charge in [0.25, 0.3) is 0 Å². The molecule has 1 spiro atoms. The van der Waals surface area contributed by atoms with E-state index in [-0.39, 0.29) is 0 Å². The van der Waals surface area contributed by atoms with Crippen LogP contribution in [0.25, 0.3) is 11.3 Å². The van der Waals surface area contributed by atoms with Crippen LogP contribution in [0.2, 0.25) is 0 Å². The number of benzene rings is 5. The van der Waals surface area contributed by atoms with Gasteiger partial charge in [-0.05, 0) is 65.4 Å². The van der Waals surface area contributed by atoms with Crippen molar-refractivity contribution in [2.45, 2.75) is 5.41 Å². The lowest BCUT2D eigenvalue weighted by atomic mass is 9.62. The average molecular weight is 565 g/mol. The molecule has 5 aromatic carbocycles. The van der Waals surface area contributed by atoms with Crippen LogP contribution in [0.15, 0.2) is 168 Å². The zero-order valence-corrected chi connectivity index (χ0v) is 24.0. The lowest BCUT2D eigenvalue weighted by Crippen LogP contribution is -2.36. The van der Waals surface area contributed by atoms with Crippen molar-refractivity contribution in [1.29, 1.82) is 0 Å². The fourth-order valence-corrected chi connectivity index (χ4v) is 7.00. The van der Waals surface area contributed by atoms with E-state index in [0.717, 1.165) is 45.0 Å². The van der Waals surface area contributed by atoms with Crippen LogP contribution < -0.4 is 4.90 Å². The Balaban J connectivity index is 1.54. The summed E-state index contributed by atoms with van der Waals surface area (Å²) in [7, 11) is 0. The van der Waals surface area contributed by atoms with Crippen molar-refractivity contribution in [1.82, 2.24) is 4.98 Å². The second-order valence-electron chi connectivity index (χ2n) is 10.9. The predicted molar refractivity (Wildman–Crippen MR) is 181 cm³/mol. The van der Waals surface area contributed by atoms with E-state index in [1.54, 1.807) is 0 Å². The van der Waals surface area contributed by atoms with Gasteiger partial charge in [0.1, 0.15) is 0 Å². The van der Waals surface area contributed by atoms with Crippen molar-refractivity contribution in [3.8, 4) is 0 Å². The second kappa shape index (κ2) is 10.4. The molecule has 1 aliphatic heterocycles. The molecule has 4 nitrogen and oxygen atoms in total. The molecule has 4 heteroatoms. The van der Waals surface area contributed by atoms with Crippen molar-refractivity contribution in [2.24, 2.45) is 9.98 Å². The summed E-state index contributed by atoms with van der Waals surface area (Å²) < 4.78 is 0. The van der Waals surface area contributed by atoms with Crippen LogP contribution >= 0.6 is 0 Å². The summed E-state index contributed by atoms with van der Waals surface area (Å²) in [5.74, 6) is 0.585. The topological polar surface area (TPSA) is 40.9 Å². The largest absolute Gasteiger partial charge is 0.310 e. The molecule has 2 heterocycles. The van der Waals surface area contributed by atoms with E-state index in [9.17, 15) is 0 Å². The highest BCUT2D eigenvalue weighted by molar-refractivity contribution is 6.13. The standard InChI is InChI=1S/C40H28N4/c1-41-39(29-14-4-2-5-15-29)43-38-31-18-8-9-19-32(31)40(37(38)28-24-26-42-27-25-28)33-20-10-12-22-35(33)44(30-16-6-3-7-17-30)36-23-13-11-21-34(36)40/h2-27H,1H2/b43-39-. The molecule has 0 N–H and O–H groups in total. The van der Waals surface area contributed by atoms with Crippen LogP contribution in [-0.4, -0.2) is 17.5 Å². The molecule has 44 heavy (non-hydrogen) atoms. The maximum absolute atomic E-state index is 5.37. The lowest BCUT2D eigenvalue weighted by molar-refractivity contribution is 0.794. The molecule has 208 valence electrons. The van der Waals surface area contributed by atoms with E-state index >= 15 is 0 Å². The number of hydrogen-bond acceptors (Lipinski definition) is 3. The molecule has 0 unspecified atom stereocenters. The Hall–Kier alpha value is -5.87. The summed E-state index contributed by atoms with van der Waals surface area (Å²) in [5.41, 5.74) is 11.3. The molecular formula is C40H28N4. The first kappa shape index (κ1) is 25.8. The van der Waals surface area contributed by atoms with Gasteiger partial charge in [0.2, 0.25) is 0 Å². The Bertz CT molecular complexity index is 2030. The molecule has 0 fully saturated rings. The molecule has 0 saturated heterocycles. The van der Waals surface area contributed by atoms with E-state index in [0.29, 0.717) is 5.84 Å². The highest BCUT2D eigenvalue weighted by Gasteiger charge is 2.53. The number of aliphatic imine (C=N–C) groups is 2. The first-order valence-electron chi connectivity index (χ1n) is 14.7. The minimum atomic E-state index is -0.655. The Morgan fingerprint density at radius 1 is 0.591 bits per heavy atom. The number of amidine groups is 1. The fraction of sp³-hybridized carbons (Fsp3) is 0.0250. The van der Waals surface area contributed by atoms with Crippen molar-refractivity contribution >= 4 is 40.9 Å². The summed E-state index contributed by atoms with van der Waals surface area (Å²) >= 11 is 0. The molecule has 0 radical (unpaired) electrons. The number of fused-ring (bicyclic) bond motifs is 6. The Kier molecular flexibility index (Phi) is 6.13. The van der Waals surface area contributed by atoms with Gasteiger partial charge in [-0.2, -0.15) is 0 Å². The fourth-order valence-electron chi connectivity index (χ4n) is 7.00. The number of anilines is 3. The Morgan fingerprint density at radius 3 is 1.77 bits per heavy atom. The molecule has 2 aliphatic rings. The normalized spacial score (nSPS) is 14.6. The molecule has 0 bridgehead atoms. The number of allylic oxidation sites excluding steroid dienone is 1. The van der Waals surface area contributed by atoms with Gasteiger partial charge in [0, 0.05) is 34.8 Å². The average Bonchev–Trinajstić information content (AvgIpc) is 3.39. The summed E-state index contributed by atoms with van der Waals surface area (Å²) in [6.45, 7) is 3.93. The van der Waals surface area contributed by atoms with Gasteiger partial charge in [-0.15, -0.1) is 0 Å². The Labute approximate surface area is 257 Å². The zero-order valence-electron chi connectivity index (χ0n) is 24.0. The number of nitrogens with zero attached hydrogens (tertiary/aromatic N) is 4. The number of rotatable bonds is 4. The summed E-state index contributed by atoms with van der Waals surface area (Å²) in [6, 6.07) is 51.1. The van der Waals surface area contributed by atoms with Gasteiger partial charge in [-0.1, -0.05) is 109 Å². The maximum Gasteiger partial charge on any atom is 0.159 e. The van der Waals surface area contributed by atoms with Crippen LogP contribution in [0.4, 0.5) is 17.1 Å². The highest BCUT2D eigenvalue weighted by atomic mass is 15.2. The van der Waals surface area contributed by atoms with E-state index in [2.05, 4.69) is 137 Å². The van der Waals surface area contributed by atoms with Crippen molar-refractivity contribution in [2.75, 3.05) is 4.90 Å². The van der Waals surface area contributed by atoms with Gasteiger partial charge in [-0.3, -0.25) is 4.98 Å². The molecule has 0 amide bonds. The first-order chi connectivity index (χ1) is 21.8. The van der Waals surface area contributed by atoms with Gasteiger partial charge in [0.05, 0.1) is 22.5 Å². The summed E-state index contributed by atoms with van der Waals surface area (Å²) in [6.07, 6.45) is 3.72. The molecular weight excluding hydrogens is 536 g/mol. The van der Waals surface area contributed by atoms with Gasteiger partial charge in [-0.25, -0.2) is 9.98 Å². The van der Waals surface area contributed by atoms with E-state index in [1.807, 2.05) is 42.7 Å². The second-order valence-corrected chi connectivity index (χ2v) is 10.9. The van der Waals surface area contributed by atoms with E-state index in [4.69, 9.17) is 4.99 Å². The molecule has 1 aromatic heterocycles. The number of para-hydroxylation sites is 3. The van der Waals surface area contributed by atoms with Crippen molar-refractivity contribution < 1.29 is 0 Å². The van der Waals surface area contributed by atoms with E-state index < -0.39 is 5.41 Å². The molecule has 0 saturated carbocycles. The Morgan fingerprint density at radius 2 is 1.14 bits per heavy atom. The molecule has 1 aliphatic carbocycles. The van der Waals surface area contributed by atoms with Crippen LogP contribution in [0.1, 0.15) is 33.4 Å². The monoisotopic (exact) mass is 564 g/mol. The van der Waals surface area contributed by atoms with Crippen LogP contribution in [0.3, 0.4) is 0 Å². The molecule has 8 rings (SSSR count). The zero-order chi connectivity index (χ0) is 29.5. The van der Waals surface area contributed by atoms with Gasteiger partial charge < -0.3 is 4.90 Å². The maximum atomic E-state index is 5.37. The third-order valence-electron chi connectivity index (χ3n) is 8.68. The van der Waals surface area contributed by atoms with Crippen LogP contribution in [0, 0.1) is 0 Å². The third kappa shape index (κ3) is 3.74. The van der Waals surface area contributed by atoms with Crippen LogP contribution in [0.5, 0.6) is 0 Å². The predicted octanol–water partition coefficient (Wildman–Crippen LogP) is 9.23. The minimum Gasteiger partial charge on any atom is -0.310 e. The molecule has 0 atom stereocenters. The highest BCUT2D eigenvalue weighted by Crippen LogP contribution is 2.65. The summed E-state index contributed by atoms with van der Waals surface area (Å²) in [5, 5.41) is 0.